The van der Waals surface area contributed by atoms with Crippen molar-refractivity contribution in [2.24, 2.45) is 0 Å². The van der Waals surface area contributed by atoms with Gasteiger partial charge in [-0.1, -0.05) is 0 Å². The molecule has 0 bridgehead atoms. The third-order valence-electron chi connectivity index (χ3n) is 3.49. The van der Waals surface area contributed by atoms with Crippen molar-refractivity contribution >= 4 is 5.91 Å². The Bertz CT molecular complexity index is 451. The van der Waals surface area contributed by atoms with Gasteiger partial charge < -0.3 is 10.1 Å². The lowest BCUT2D eigenvalue weighted by atomic mass is 10.0. The van der Waals surface area contributed by atoms with Gasteiger partial charge in [-0.15, -0.1) is 0 Å². The maximum Gasteiger partial charge on any atom is 0.252 e. The molecule has 0 aliphatic carbocycles. The smallest absolute Gasteiger partial charge is 0.252 e. The number of aryl methyl sites for hydroxylation is 2. The zero-order valence-corrected chi connectivity index (χ0v) is 11.2. The number of nitrogens with one attached hydrogen (secondary N) is 1. The van der Waals surface area contributed by atoms with Gasteiger partial charge in [0, 0.05) is 25.0 Å². The van der Waals surface area contributed by atoms with Crippen LogP contribution in [0.1, 0.15) is 36.6 Å². The van der Waals surface area contributed by atoms with Crippen molar-refractivity contribution in [2.45, 2.75) is 45.8 Å². The van der Waals surface area contributed by atoms with Crippen LogP contribution in [0.2, 0.25) is 0 Å². The van der Waals surface area contributed by atoms with Crippen LogP contribution in [-0.2, 0) is 16.1 Å². The topological polar surface area (TPSA) is 51.2 Å². The molecule has 98 valence electrons. The van der Waals surface area contributed by atoms with E-state index in [1.54, 1.807) is 0 Å². The van der Waals surface area contributed by atoms with Crippen LogP contribution in [0.4, 0.5) is 0 Å². The Kier molecular flexibility index (Phi) is 3.66. The Morgan fingerprint density at radius 2 is 2.33 bits per heavy atom. The summed E-state index contributed by atoms with van der Waals surface area (Å²) in [6, 6.07) is 2.02. The molecule has 4 heteroatoms. The first-order valence-electron chi connectivity index (χ1n) is 6.36. The van der Waals surface area contributed by atoms with E-state index in [-0.39, 0.29) is 5.91 Å². The van der Waals surface area contributed by atoms with E-state index in [0.717, 1.165) is 29.7 Å². The molecule has 0 aromatic carbocycles. The van der Waals surface area contributed by atoms with Crippen LogP contribution < -0.4 is 5.32 Å². The van der Waals surface area contributed by atoms with E-state index in [9.17, 15) is 4.79 Å². The maximum absolute atomic E-state index is 12.1. The number of amides is 1. The van der Waals surface area contributed by atoms with E-state index >= 15 is 0 Å². The van der Waals surface area contributed by atoms with Crippen molar-refractivity contribution in [3.8, 4) is 0 Å². The molecule has 1 aliphatic heterocycles. The Hall–Kier alpha value is -1.42. The Morgan fingerprint density at radius 1 is 1.56 bits per heavy atom. The Morgan fingerprint density at radius 3 is 2.94 bits per heavy atom. The van der Waals surface area contributed by atoms with E-state index in [1.807, 2.05) is 33.0 Å². The van der Waals surface area contributed by atoms with E-state index in [1.165, 1.54) is 0 Å². The normalized spacial score (nSPS) is 23.1. The highest BCUT2D eigenvalue weighted by atomic mass is 16.5. The molecule has 0 unspecified atom stereocenters. The minimum Gasteiger partial charge on any atom is -0.365 e. The molecule has 1 aliphatic rings. The van der Waals surface area contributed by atoms with Crippen LogP contribution in [0.25, 0.3) is 0 Å². The van der Waals surface area contributed by atoms with Gasteiger partial charge in [0.15, 0.2) is 0 Å². The maximum atomic E-state index is 12.1. The lowest BCUT2D eigenvalue weighted by molar-refractivity contribution is -0.139. The van der Waals surface area contributed by atoms with Crippen LogP contribution >= 0.6 is 0 Å². The summed E-state index contributed by atoms with van der Waals surface area (Å²) in [6.45, 7) is 7.04. The highest BCUT2D eigenvalue weighted by molar-refractivity contribution is 5.84. The van der Waals surface area contributed by atoms with Crippen molar-refractivity contribution in [2.75, 3.05) is 6.61 Å². The lowest BCUT2D eigenvalue weighted by Crippen LogP contribution is -2.43. The molecular weight excluding hydrogens is 228 g/mol. The van der Waals surface area contributed by atoms with E-state index in [4.69, 9.17) is 4.74 Å². The predicted molar refractivity (Wildman–Crippen MR) is 69.1 cm³/mol. The van der Waals surface area contributed by atoms with Gasteiger partial charge in [0.25, 0.3) is 5.91 Å². The first-order valence-corrected chi connectivity index (χ1v) is 6.36. The van der Waals surface area contributed by atoms with Crippen molar-refractivity contribution < 1.29 is 9.53 Å². The van der Waals surface area contributed by atoms with Gasteiger partial charge >= 0.3 is 0 Å². The molecule has 1 atom stereocenters. The average Bonchev–Trinajstić information content (AvgIpc) is 2.76. The first kappa shape index (κ1) is 13.0. The van der Waals surface area contributed by atoms with E-state index in [0.29, 0.717) is 13.2 Å². The molecular formula is C14H20N2O2. The fourth-order valence-corrected chi connectivity index (χ4v) is 2.23. The van der Waals surface area contributed by atoms with Crippen LogP contribution in [0, 0.1) is 13.8 Å². The molecule has 1 N–H and O–H groups in total. The SMILES string of the molecule is Cc1cc(C)c(CNC(=O)[C@@]2(C)CCCO2)cn1. The third kappa shape index (κ3) is 2.70. The molecule has 1 aromatic rings. The van der Waals surface area contributed by atoms with Crippen molar-refractivity contribution in [3.05, 3.63) is 29.1 Å². The van der Waals surface area contributed by atoms with Gasteiger partial charge in [-0.05, 0) is 50.8 Å². The highest BCUT2D eigenvalue weighted by Crippen LogP contribution is 2.25. The van der Waals surface area contributed by atoms with Gasteiger partial charge in [-0.25, -0.2) is 0 Å². The number of aromatic nitrogens is 1. The molecule has 1 saturated heterocycles. The molecule has 1 aromatic heterocycles. The van der Waals surface area contributed by atoms with Crippen LogP contribution in [0.3, 0.4) is 0 Å². The van der Waals surface area contributed by atoms with Gasteiger partial charge in [0.2, 0.25) is 0 Å². The number of rotatable bonds is 3. The number of nitrogens with zero attached hydrogens (tertiary/aromatic N) is 1. The summed E-state index contributed by atoms with van der Waals surface area (Å²) in [5.74, 6) is -0.0278. The first-order chi connectivity index (χ1) is 8.51. The number of carbonyl (C=O) groups is 1. The fraction of sp³-hybridized carbons (Fsp3) is 0.571. The summed E-state index contributed by atoms with van der Waals surface area (Å²) in [7, 11) is 0. The molecule has 0 radical (unpaired) electrons. The van der Waals surface area contributed by atoms with Crippen molar-refractivity contribution in [1.82, 2.24) is 10.3 Å². The summed E-state index contributed by atoms with van der Waals surface area (Å²) in [6.07, 6.45) is 3.57. The number of carbonyl (C=O) groups excluding carboxylic acids is 1. The molecule has 2 rings (SSSR count). The standard InChI is InChI=1S/C14H20N2O2/c1-10-7-11(2)15-8-12(10)9-16-13(17)14(3)5-4-6-18-14/h7-8H,4-6,9H2,1-3H3,(H,16,17)/t14-/m1/s1. The Balaban J connectivity index is 1.97. The predicted octanol–water partition coefficient (Wildman–Crippen LogP) is 1.88. The van der Waals surface area contributed by atoms with E-state index in [2.05, 4.69) is 10.3 Å². The van der Waals surface area contributed by atoms with Crippen LogP contribution in [0.15, 0.2) is 12.3 Å². The van der Waals surface area contributed by atoms with Gasteiger partial charge in [0.1, 0.15) is 5.60 Å². The van der Waals surface area contributed by atoms with Gasteiger partial charge in [0.05, 0.1) is 0 Å². The number of ether oxygens (including phenoxy) is 1. The molecule has 1 fully saturated rings. The van der Waals surface area contributed by atoms with Crippen molar-refractivity contribution in [3.63, 3.8) is 0 Å². The second-order valence-corrected chi connectivity index (χ2v) is 5.12. The molecule has 1 amide bonds. The zero-order valence-electron chi connectivity index (χ0n) is 11.2. The van der Waals surface area contributed by atoms with Gasteiger partial charge in [-0.3, -0.25) is 9.78 Å². The summed E-state index contributed by atoms with van der Waals surface area (Å²) >= 11 is 0. The number of hydrogen-bond donors (Lipinski definition) is 1. The highest BCUT2D eigenvalue weighted by Gasteiger charge is 2.37. The molecule has 18 heavy (non-hydrogen) atoms. The summed E-state index contributed by atoms with van der Waals surface area (Å²) in [4.78, 5) is 16.3. The molecule has 0 spiro atoms. The van der Waals surface area contributed by atoms with E-state index < -0.39 is 5.60 Å². The summed E-state index contributed by atoms with van der Waals surface area (Å²) < 4.78 is 5.51. The zero-order chi connectivity index (χ0) is 13.2. The molecule has 4 nitrogen and oxygen atoms in total. The van der Waals surface area contributed by atoms with Gasteiger partial charge in [-0.2, -0.15) is 0 Å². The summed E-state index contributed by atoms with van der Waals surface area (Å²) in [5, 5.41) is 2.94. The number of hydrogen-bond acceptors (Lipinski definition) is 3. The van der Waals surface area contributed by atoms with Crippen LogP contribution in [-0.4, -0.2) is 23.1 Å². The average molecular weight is 248 g/mol. The Labute approximate surface area is 108 Å². The fourth-order valence-electron chi connectivity index (χ4n) is 2.23. The van der Waals surface area contributed by atoms with Crippen molar-refractivity contribution in [1.29, 1.82) is 0 Å². The minimum atomic E-state index is -0.647. The second kappa shape index (κ2) is 5.06. The largest absolute Gasteiger partial charge is 0.365 e. The summed E-state index contributed by atoms with van der Waals surface area (Å²) in [5.41, 5.74) is 2.55. The second-order valence-electron chi connectivity index (χ2n) is 5.12. The number of pyridine rings is 1. The monoisotopic (exact) mass is 248 g/mol. The quantitative estimate of drug-likeness (QED) is 0.888. The molecule has 2 heterocycles. The third-order valence-corrected chi connectivity index (χ3v) is 3.49. The molecule has 0 saturated carbocycles. The van der Waals surface area contributed by atoms with Crippen LogP contribution in [0.5, 0.6) is 0 Å². The lowest BCUT2D eigenvalue weighted by Gasteiger charge is -2.22. The minimum absolute atomic E-state index is 0.0278.